The Morgan fingerprint density at radius 3 is 2.60 bits per heavy atom. The van der Waals surface area contributed by atoms with Gasteiger partial charge in [0, 0.05) is 24.7 Å². The summed E-state index contributed by atoms with van der Waals surface area (Å²) < 4.78 is 5.44. The van der Waals surface area contributed by atoms with Gasteiger partial charge in [0.15, 0.2) is 0 Å². The zero-order valence-electron chi connectivity index (χ0n) is 26.3. The normalized spacial score (nSPS) is 29.5. The number of alkyl carbamates (subject to hydrolysis) is 1. The van der Waals surface area contributed by atoms with E-state index in [2.05, 4.69) is 16.0 Å². The molecule has 5 rings (SSSR count). The van der Waals surface area contributed by atoms with Crippen LogP contribution in [-0.2, 0) is 25.5 Å². The Kier molecular flexibility index (Phi) is 9.41. The van der Waals surface area contributed by atoms with Gasteiger partial charge in [0.2, 0.25) is 11.8 Å². The molecule has 4 aliphatic rings. The number of ether oxygens (including phenoxy) is 1. The van der Waals surface area contributed by atoms with Crippen molar-refractivity contribution in [2.75, 3.05) is 18.0 Å². The Morgan fingerprint density at radius 2 is 1.84 bits per heavy atom. The number of carboxylic acid groups (broad SMARTS) is 1. The summed E-state index contributed by atoms with van der Waals surface area (Å²) in [5.74, 6) is -2.52. The highest BCUT2D eigenvalue weighted by molar-refractivity contribution is 5.97. The molecule has 12 heteroatoms. The van der Waals surface area contributed by atoms with Crippen molar-refractivity contribution >= 4 is 35.6 Å². The molecule has 1 unspecified atom stereocenters. The van der Waals surface area contributed by atoms with Gasteiger partial charge in [-0.2, -0.15) is 0 Å². The lowest BCUT2D eigenvalue weighted by Gasteiger charge is -2.31. The molecule has 5 atom stereocenters. The predicted octanol–water partition coefficient (Wildman–Crippen LogP) is 3.49. The van der Waals surface area contributed by atoms with Crippen LogP contribution < -0.4 is 20.9 Å². The summed E-state index contributed by atoms with van der Waals surface area (Å²) in [5, 5.41) is 18.6. The average molecular weight is 624 g/mol. The van der Waals surface area contributed by atoms with E-state index >= 15 is 0 Å². The minimum Gasteiger partial charge on any atom is -0.479 e. The SMILES string of the molecule is CC(C)(C)OC(=O)N[C@H]1CCCCC/C=C\[C@@H]2C[C@@]2(C(=O)O)NC(=O)[C@@H]2CC(NC(=O)N3CCCc4ccccc43)CN2C1=O. The van der Waals surface area contributed by atoms with Gasteiger partial charge in [0.1, 0.15) is 23.2 Å². The summed E-state index contributed by atoms with van der Waals surface area (Å²) in [6, 6.07) is 4.86. The van der Waals surface area contributed by atoms with Crippen LogP contribution in [0.5, 0.6) is 0 Å². The van der Waals surface area contributed by atoms with E-state index in [1.165, 1.54) is 4.90 Å². The second-order valence-electron chi connectivity index (χ2n) is 13.6. The number of rotatable bonds is 3. The summed E-state index contributed by atoms with van der Waals surface area (Å²) >= 11 is 0. The van der Waals surface area contributed by atoms with Crippen LogP contribution in [0.25, 0.3) is 0 Å². The topological polar surface area (TPSA) is 157 Å². The second-order valence-corrected chi connectivity index (χ2v) is 13.6. The van der Waals surface area contributed by atoms with Crippen LogP contribution in [0, 0.1) is 5.92 Å². The number of fused-ring (bicyclic) bond motifs is 3. The number of urea groups is 1. The van der Waals surface area contributed by atoms with Crippen LogP contribution in [0.1, 0.15) is 77.7 Å². The number of hydrogen-bond donors (Lipinski definition) is 4. The molecule has 1 aliphatic carbocycles. The monoisotopic (exact) mass is 623 g/mol. The highest BCUT2D eigenvalue weighted by Gasteiger charge is 2.61. The van der Waals surface area contributed by atoms with Crippen molar-refractivity contribution in [2.45, 2.75) is 108 Å². The van der Waals surface area contributed by atoms with Gasteiger partial charge in [-0.3, -0.25) is 14.5 Å². The van der Waals surface area contributed by atoms with E-state index < -0.39 is 53.1 Å². The number of allylic oxidation sites excluding steroid dienone is 1. The molecule has 1 saturated carbocycles. The summed E-state index contributed by atoms with van der Waals surface area (Å²) in [6.45, 7) is 5.78. The molecule has 3 aliphatic heterocycles. The molecule has 4 N–H and O–H groups in total. The minimum atomic E-state index is -1.44. The second kappa shape index (κ2) is 13.1. The molecule has 12 nitrogen and oxygen atoms in total. The van der Waals surface area contributed by atoms with Crippen LogP contribution >= 0.6 is 0 Å². The molecule has 0 radical (unpaired) electrons. The number of carboxylic acids is 1. The maximum absolute atomic E-state index is 14.1. The van der Waals surface area contributed by atoms with Gasteiger partial charge < -0.3 is 30.7 Å². The number of nitrogens with one attached hydrogen (secondary N) is 3. The van der Waals surface area contributed by atoms with Crippen molar-refractivity contribution < 1.29 is 33.8 Å². The smallest absolute Gasteiger partial charge is 0.408 e. The first kappa shape index (κ1) is 32.3. The zero-order valence-corrected chi connectivity index (χ0v) is 26.3. The number of para-hydroxylation sites is 1. The minimum absolute atomic E-state index is 0.0358. The molecule has 1 aromatic carbocycles. The van der Waals surface area contributed by atoms with Gasteiger partial charge in [-0.1, -0.05) is 43.2 Å². The van der Waals surface area contributed by atoms with Crippen LogP contribution in [0.2, 0.25) is 0 Å². The molecular formula is C33H45N5O7. The number of amides is 5. The molecule has 0 spiro atoms. The van der Waals surface area contributed by atoms with Gasteiger partial charge in [-0.15, -0.1) is 0 Å². The van der Waals surface area contributed by atoms with Crippen LogP contribution in [0.15, 0.2) is 36.4 Å². The van der Waals surface area contributed by atoms with Crippen molar-refractivity contribution in [3.05, 3.63) is 42.0 Å². The Balaban J connectivity index is 1.39. The van der Waals surface area contributed by atoms with E-state index in [4.69, 9.17) is 4.74 Å². The molecule has 3 heterocycles. The van der Waals surface area contributed by atoms with Crippen molar-refractivity contribution in [2.24, 2.45) is 5.92 Å². The Hall–Kier alpha value is -4.09. The lowest BCUT2D eigenvalue weighted by Crippen LogP contribution is -2.56. The third-order valence-electron chi connectivity index (χ3n) is 9.03. The fourth-order valence-corrected chi connectivity index (χ4v) is 6.65. The molecule has 0 bridgehead atoms. The first-order valence-corrected chi connectivity index (χ1v) is 16.1. The van der Waals surface area contributed by atoms with Gasteiger partial charge in [0.25, 0.3) is 0 Å². The highest BCUT2D eigenvalue weighted by Crippen LogP contribution is 2.45. The number of anilines is 1. The lowest BCUT2D eigenvalue weighted by molar-refractivity contribution is -0.145. The highest BCUT2D eigenvalue weighted by atomic mass is 16.6. The summed E-state index contributed by atoms with van der Waals surface area (Å²) in [7, 11) is 0. The predicted molar refractivity (Wildman–Crippen MR) is 167 cm³/mol. The van der Waals surface area contributed by atoms with E-state index in [9.17, 15) is 29.1 Å². The van der Waals surface area contributed by atoms with Gasteiger partial charge in [-0.25, -0.2) is 14.4 Å². The van der Waals surface area contributed by atoms with E-state index in [1.54, 1.807) is 25.7 Å². The van der Waals surface area contributed by atoms with Gasteiger partial charge in [0.05, 0.1) is 6.04 Å². The number of nitrogens with zero attached hydrogens (tertiary/aromatic N) is 2. The summed E-state index contributed by atoms with van der Waals surface area (Å²) in [6.07, 6.45) is 8.52. The van der Waals surface area contributed by atoms with Crippen molar-refractivity contribution in [3.63, 3.8) is 0 Å². The third kappa shape index (κ3) is 7.42. The Morgan fingerprint density at radius 1 is 1.07 bits per heavy atom. The maximum atomic E-state index is 14.1. The largest absolute Gasteiger partial charge is 0.479 e. The summed E-state index contributed by atoms with van der Waals surface area (Å²) in [4.78, 5) is 69.7. The molecule has 1 aromatic rings. The van der Waals surface area contributed by atoms with E-state index in [0.717, 1.165) is 43.4 Å². The molecule has 1 saturated heterocycles. The molecule has 45 heavy (non-hydrogen) atoms. The molecular weight excluding hydrogens is 578 g/mol. The van der Waals surface area contributed by atoms with Crippen molar-refractivity contribution in [1.29, 1.82) is 0 Å². The fourth-order valence-electron chi connectivity index (χ4n) is 6.65. The quantitative estimate of drug-likeness (QED) is 0.376. The number of hydrogen-bond acceptors (Lipinski definition) is 6. The van der Waals surface area contributed by atoms with Crippen LogP contribution in [0.4, 0.5) is 15.3 Å². The van der Waals surface area contributed by atoms with Gasteiger partial charge in [-0.05, 0) is 77.3 Å². The number of carbonyl (C=O) groups is 5. The van der Waals surface area contributed by atoms with E-state index in [1.807, 2.05) is 36.4 Å². The average Bonchev–Trinajstić information content (AvgIpc) is 3.51. The number of benzene rings is 1. The maximum Gasteiger partial charge on any atom is 0.408 e. The van der Waals surface area contributed by atoms with Gasteiger partial charge >= 0.3 is 18.1 Å². The number of aryl methyl sites for hydroxylation is 1. The standard InChI is InChI=1S/C33H45N5O7/c1-32(2,3)45-31(44)35-24-15-8-6-4-5-7-14-22-19-33(22,29(41)42)36-27(39)26-18-23(20-38(26)28(24)40)34-30(43)37-17-11-13-21-12-9-10-16-25(21)37/h7,9-10,12,14,16,22-24,26H,4-6,8,11,13,15,17-20H2,1-3H3,(H,34,43)(H,35,44)(H,36,39)(H,41,42)/b14-7-/t22-,23?,24+,26+,33-/m1/s1. The molecule has 5 amide bonds. The zero-order chi connectivity index (χ0) is 32.4. The first-order chi connectivity index (χ1) is 21.4. The number of aliphatic carboxylic acids is 1. The fraction of sp³-hybridized carbons (Fsp3) is 0.606. The lowest BCUT2D eigenvalue weighted by atomic mass is 10.0. The molecule has 2 fully saturated rings. The third-order valence-corrected chi connectivity index (χ3v) is 9.03. The van der Waals surface area contributed by atoms with Crippen LogP contribution in [0.3, 0.4) is 0 Å². The Bertz CT molecular complexity index is 1360. The van der Waals surface area contributed by atoms with Crippen molar-refractivity contribution in [3.8, 4) is 0 Å². The Labute approximate surface area is 263 Å². The summed E-state index contributed by atoms with van der Waals surface area (Å²) in [5.41, 5.74) is -0.296. The van der Waals surface area contributed by atoms with E-state index in [-0.39, 0.29) is 31.3 Å². The van der Waals surface area contributed by atoms with Crippen molar-refractivity contribution in [1.82, 2.24) is 20.9 Å². The van der Waals surface area contributed by atoms with E-state index in [0.29, 0.717) is 19.4 Å². The first-order valence-electron chi connectivity index (χ1n) is 16.1. The number of carbonyl (C=O) groups excluding carboxylic acids is 4. The molecule has 244 valence electrons. The molecule has 0 aromatic heterocycles. The van der Waals surface area contributed by atoms with Crippen LogP contribution in [-0.4, -0.2) is 82.3 Å².